The number of benzene rings is 1. The smallest absolute Gasteiger partial charge is 0.462 e. The molecule has 0 saturated carbocycles. The molecule has 0 spiro atoms. The van der Waals surface area contributed by atoms with Crippen molar-refractivity contribution in [3.05, 3.63) is 39.2 Å². The Hall–Kier alpha value is -1.90. The summed E-state index contributed by atoms with van der Waals surface area (Å²) in [6.07, 6.45) is 0. The van der Waals surface area contributed by atoms with Crippen LogP contribution in [0.4, 0.5) is 13.2 Å². The summed E-state index contributed by atoms with van der Waals surface area (Å²) < 4.78 is 93.6. The van der Waals surface area contributed by atoms with E-state index in [-0.39, 0.29) is 21.5 Å². The van der Waals surface area contributed by atoms with Gasteiger partial charge in [0.05, 0.1) is 11.5 Å². The third-order valence-electron chi connectivity index (χ3n) is 3.06. The SMILES string of the molecule is CCOC(=O)c1sc(CS(=O)(=O)c2ccc(Cl)cc2)nc1OS(=O)(=O)C(F)(F)F. The van der Waals surface area contributed by atoms with Crippen LogP contribution in [0.2, 0.25) is 5.02 Å². The van der Waals surface area contributed by atoms with Gasteiger partial charge in [0.25, 0.3) is 5.88 Å². The van der Waals surface area contributed by atoms with Crippen LogP contribution in [-0.4, -0.2) is 39.9 Å². The van der Waals surface area contributed by atoms with Gasteiger partial charge in [-0.3, -0.25) is 0 Å². The molecular formula is C14H11ClF3NO7S3. The number of ether oxygens (including phenoxy) is 1. The van der Waals surface area contributed by atoms with E-state index >= 15 is 0 Å². The summed E-state index contributed by atoms with van der Waals surface area (Å²) in [5.74, 6) is -3.26. The normalized spacial score (nSPS) is 12.6. The van der Waals surface area contributed by atoms with Gasteiger partial charge in [-0.05, 0) is 31.2 Å². The molecule has 0 aliphatic rings. The number of carbonyl (C=O) groups excluding carboxylic acids is 1. The fourth-order valence-corrected chi connectivity index (χ4v) is 4.92. The van der Waals surface area contributed by atoms with Crippen LogP contribution < -0.4 is 4.18 Å². The summed E-state index contributed by atoms with van der Waals surface area (Å²) in [7, 11) is -10.2. The molecule has 2 aromatic rings. The first kappa shape index (κ1) is 23.4. The maximum Gasteiger partial charge on any atom is 0.534 e. The van der Waals surface area contributed by atoms with E-state index in [4.69, 9.17) is 11.6 Å². The summed E-state index contributed by atoms with van der Waals surface area (Å²) >= 11 is 6.02. The molecule has 2 rings (SSSR count). The van der Waals surface area contributed by atoms with E-state index in [9.17, 15) is 34.8 Å². The lowest BCUT2D eigenvalue weighted by molar-refractivity contribution is -0.0501. The number of rotatable bonds is 7. The molecule has 160 valence electrons. The van der Waals surface area contributed by atoms with Crippen LogP contribution in [0.15, 0.2) is 29.2 Å². The number of nitrogens with zero attached hydrogens (tertiary/aromatic N) is 1. The van der Waals surface area contributed by atoms with E-state index in [1.807, 2.05) is 0 Å². The summed E-state index contributed by atoms with van der Waals surface area (Å²) in [5, 5.41) is -0.105. The number of alkyl halides is 3. The Bertz CT molecular complexity index is 1110. The molecule has 1 aromatic carbocycles. The van der Waals surface area contributed by atoms with E-state index in [0.29, 0.717) is 11.3 Å². The zero-order valence-corrected chi connectivity index (χ0v) is 17.5. The van der Waals surface area contributed by atoms with Gasteiger partial charge < -0.3 is 8.92 Å². The van der Waals surface area contributed by atoms with Crippen molar-refractivity contribution >= 4 is 48.9 Å². The first-order chi connectivity index (χ1) is 13.3. The molecule has 29 heavy (non-hydrogen) atoms. The zero-order valence-electron chi connectivity index (χ0n) is 14.3. The van der Waals surface area contributed by atoms with Crippen molar-refractivity contribution in [1.82, 2.24) is 4.98 Å². The number of hydrogen-bond acceptors (Lipinski definition) is 9. The van der Waals surface area contributed by atoms with Crippen molar-refractivity contribution in [2.24, 2.45) is 0 Å². The molecule has 0 aliphatic carbocycles. The third-order valence-corrected chi connectivity index (χ3v) is 7.10. The standard InChI is InChI=1S/C14H11ClF3NO7S3/c1-2-25-13(20)11-12(26-29(23,24)14(16,17)18)19-10(27-11)7-28(21,22)9-5-3-8(15)4-6-9/h3-6H,2,7H2,1H3. The molecule has 0 aliphatic heterocycles. The second-order valence-electron chi connectivity index (χ2n) is 5.16. The Morgan fingerprint density at radius 3 is 2.28 bits per heavy atom. The summed E-state index contributed by atoms with van der Waals surface area (Å²) in [5.41, 5.74) is -5.78. The second kappa shape index (κ2) is 8.45. The van der Waals surface area contributed by atoms with Crippen molar-refractivity contribution < 1.29 is 43.7 Å². The van der Waals surface area contributed by atoms with Gasteiger partial charge in [0, 0.05) is 5.02 Å². The Labute approximate surface area is 172 Å². The number of thiazole rings is 1. The summed E-state index contributed by atoms with van der Waals surface area (Å²) in [4.78, 5) is 14.5. The Kier molecular flexibility index (Phi) is 6.82. The lowest BCUT2D eigenvalue weighted by Crippen LogP contribution is -2.28. The molecule has 0 unspecified atom stereocenters. The number of esters is 1. The Morgan fingerprint density at radius 1 is 1.17 bits per heavy atom. The average Bonchev–Trinajstić information content (AvgIpc) is 2.95. The van der Waals surface area contributed by atoms with Crippen LogP contribution in [0.25, 0.3) is 0 Å². The summed E-state index contributed by atoms with van der Waals surface area (Å²) in [6, 6.07) is 5.02. The highest BCUT2D eigenvalue weighted by Gasteiger charge is 2.49. The van der Waals surface area contributed by atoms with Gasteiger partial charge in [-0.25, -0.2) is 18.2 Å². The van der Waals surface area contributed by atoms with E-state index < -0.39 is 47.9 Å². The van der Waals surface area contributed by atoms with Crippen LogP contribution in [0.3, 0.4) is 0 Å². The minimum atomic E-state index is -6.14. The molecule has 15 heteroatoms. The van der Waals surface area contributed by atoms with E-state index in [2.05, 4.69) is 13.9 Å². The molecule has 0 saturated heterocycles. The van der Waals surface area contributed by atoms with Gasteiger partial charge in [0.15, 0.2) is 14.7 Å². The van der Waals surface area contributed by atoms with Gasteiger partial charge >= 0.3 is 21.6 Å². The first-order valence-corrected chi connectivity index (χ1v) is 11.7. The monoisotopic (exact) mass is 493 g/mol. The van der Waals surface area contributed by atoms with Crippen molar-refractivity contribution in [2.75, 3.05) is 6.61 Å². The fraction of sp³-hybridized carbons (Fsp3) is 0.286. The number of sulfone groups is 1. The quantitative estimate of drug-likeness (QED) is 0.328. The minimum absolute atomic E-state index is 0.167. The maximum atomic E-state index is 12.6. The van der Waals surface area contributed by atoms with Crippen molar-refractivity contribution in [3.8, 4) is 5.88 Å². The molecule has 1 heterocycles. The number of hydrogen-bond donors (Lipinski definition) is 0. The van der Waals surface area contributed by atoms with Gasteiger partial charge in [-0.2, -0.15) is 21.6 Å². The molecule has 0 bridgehead atoms. The second-order valence-corrected chi connectivity index (χ2v) is 10.2. The van der Waals surface area contributed by atoms with Crippen molar-refractivity contribution in [2.45, 2.75) is 23.1 Å². The molecule has 0 atom stereocenters. The van der Waals surface area contributed by atoms with Crippen LogP contribution in [0.1, 0.15) is 21.6 Å². The van der Waals surface area contributed by atoms with Gasteiger partial charge in [-0.15, -0.1) is 11.3 Å². The van der Waals surface area contributed by atoms with Crippen LogP contribution in [0.5, 0.6) is 5.88 Å². The zero-order chi connectivity index (χ0) is 22.0. The highest BCUT2D eigenvalue weighted by Crippen LogP contribution is 2.33. The highest BCUT2D eigenvalue weighted by molar-refractivity contribution is 7.90. The molecule has 8 nitrogen and oxygen atoms in total. The Balaban J connectivity index is 2.44. The van der Waals surface area contributed by atoms with Crippen LogP contribution in [-0.2, 0) is 30.4 Å². The molecular weight excluding hydrogens is 483 g/mol. The molecule has 0 radical (unpaired) electrons. The minimum Gasteiger partial charge on any atom is -0.462 e. The number of carbonyl (C=O) groups is 1. The van der Waals surface area contributed by atoms with Crippen molar-refractivity contribution in [3.63, 3.8) is 0 Å². The highest BCUT2D eigenvalue weighted by atomic mass is 35.5. The molecule has 1 aromatic heterocycles. The third kappa shape index (κ3) is 5.58. The van der Waals surface area contributed by atoms with E-state index in [0.717, 1.165) is 0 Å². The van der Waals surface area contributed by atoms with Crippen molar-refractivity contribution in [1.29, 1.82) is 0 Å². The molecule has 0 fully saturated rings. The van der Waals surface area contributed by atoms with Gasteiger partial charge in [-0.1, -0.05) is 11.6 Å². The largest absolute Gasteiger partial charge is 0.534 e. The average molecular weight is 494 g/mol. The number of aromatic nitrogens is 1. The summed E-state index contributed by atoms with van der Waals surface area (Å²) in [6.45, 7) is 1.22. The predicted molar refractivity (Wildman–Crippen MR) is 96.0 cm³/mol. The molecule has 0 N–H and O–H groups in total. The first-order valence-electron chi connectivity index (χ1n) is 7.42. The number of halogens is 4. The fourth-order valence-electron chi connectivity index (χ4n) is 1.83. The van der Waals surface area contributed by atoms with Crippen LogP contribution >= 0.6 is 22.9 Å². The lowest BCUT2D eigenvalue weighted by atomic mass is 10.4. The van der Waals surface area contributed by atoms with E-state index in [1.165, 1.54) is 31.2 Å². The lowest BCUT2D eigenvalue weighted by Gasteiger charge is -2.08. The van der Waals surface area contributed by atoms with E-state index in [1.54, 1.807) is 0 Å². The topological polar surface area (TPSA) is 117 Å². The Morgan fingerprint density at radius 2 is 1.76 bits per heavy atom. The van der Waals surface area contributed by atoms with Gasteiger partial charge in [0.2, 0.25) is 0 Å². The maximum absolute atomic E-state index is 12.6. The van der Waals surface area contributed by atoms with Gasteiger partial charge in [0.1, 0.15) is 10.8 Å². The van der Waals surface area contributed by atoms with Crippen LogP contribution in [0, 0.1) is 0 Å². The molecule has 0 amide bonds. The predicted octanol–water partition coefficient (Wildman–Crippen LogP) is 3.18.